The highest BCUT2D eigenvalue weighted by Crippen LogP contribution is 2.56. The van der Waals surface area contributed by atoms with Gasteiger partial charge in [0, 0.05) is 45.5 Å². The van der Waals surface area contributed by atoms with Gasteiger partial charge in [0.1, 0.15) is 0 Å². The van der Waals surface area contributed by atoms with Crippen LogP contribution in [0.25, 0.3) is 109 Å². The summed E-state index contributed by atoms with van der Waals surface area (Å²) in [6.45, 7) is 9.66. The van der Waals surface area contributed by atoms with Gasteiger partial charge in [-0.2, -0.15) is 0 Å². The Morgan fingerprint density at radius 3 is 1.18 bits per heavy atom. The maximum Gasteiger partial charge on any atom is 0.0468 e. The van der Waals surface area contributed by atoms with E-state index in [9.17, 15) is 0 Å². The zero-order chi connectivity index (χ0) is 61.4. The second kappa shape index (κ2) is 20.8. The number of hydrogen-bond acceptors (Lipinski definition) is 2. The van der Waals surface area contributed by atoms with Crippen molar-refractivity contribution < 1.29 is 0 Å². The van der Waals surface area contributed by atoms with Crippen LogP contribution in [0.2, 0.25) is 0 Å². The second-order valence-electron chi connectivity index (χ2n) is 26.9. The first-order chi connectivity index (χ1) is 45.1. The molecule has 18 rings (SSSR count). The molecular formula is C90H66N2. The van der Waals surface area contributed by atoms with E-state index in [0.29, 0.717) is 11.8 Å². The Morgan fingerprint density at radius 2 is 0.663 bits per heavy atom. The van der Waals surface area contributed by atoms with E-state index >= 15 is 0 Å². The molecule has 0 saturated carbocycles. The molecular weight excluding hydrogens is 1110 g/mol. The molecule has 0 radical (unpaired) electrons. The molecule has 0 amide bonds. The SMILES string of the molecule is CC1(C)c2ccccc2-c2ccc(-c3ccc(-c4c5ccc(N(c6ccc7ccccc7c6)c6ccc7ccccc7c6)cc5c(-c5ccc6c(c5)C(C)(C)C5C=CC=CC65)c5ccc(N(c6ccc7ccccc7c6)c6ccc7ccccc7c6)cc45)cc3)cc21. The van der Waals surface area contributed by atoms with Crippen LogP contribution in [0.4, 0.5) is 34.1 Å². The first kappa shape index (κ1) is 53.9. The predicted octanol–water partition coefficient (Wildman–Crippen LogP) is 25.0. The third-order valence-electron chi connectivity index (χ3n) is 21.0. The van der Waals surface area contributed by atoms with Gasteiger partial charge in [0.2, 0.25) is 0 Å². The number of rotatable bonds is 9. The molecule has 0 fully saturated rings. The van der Waals surface area contributed by atoms with Gasteiger partial charge in [-0.1, -0.05) is 264 Å². The summed E-state index contributed by atoms with van der Waals surface area (Å²) in [4.78, 5) is 4.94. The maximum absolute atomic E-state index is 2.57. The molecule has 0 aliphatic heterocycles. The van der Waals surface area contributed by atoms with E-state index in [2.05, 4.69) is 353 Å². The Labute approximate surface area is 537 Å². The summed E-state index contributed by atoms with van der Waals surface area (Å²) in [5.74, 6) is 0.708. The van der Waals surface area contributed by atoms with Gasteiger partial charge in [-0.05, 0) is 222 Å². The lowest BCUT2D eigenvalue weighted by atomic mass is 9.74. The van der Waals surface area contributed by atoms with Gasteiger partial charge in [-0.3, -0.25) is 0 Å². The van der Waals surface area contributed by atoms with Gasteiger partial charge < -0.3 is 9.80 Å². The first-order valence-corrected chi connectivity index (χ1v) is 32.5. The van der Waals surface area contributed by atoms with Crippen LogP contribution in [0.5, 0.6) is 0 Å². The zero-order valence-electron chi connectivity index (χ0n) is 52.1. The molecule has 92 heavy (non-hydrogen) atoms. The van der Waals surface area contributed by atoms with Gasteiger partial charge in [0.25, 0.3) is 0 Å². The Kier molecular flexibility index (Phi) is 12.2. The number of fused-ring (bicyclic) bond motifs is 12. The Hall–Kier alpha value is -11.1. The third kappa shape index (κ3) is 8.54. The average molecular weight is 1180 g/mol. The van der Waals surface area contributed by atoms with Gasteiger partial charge >= 0.3 is 0 Å². The Morgan fingerprint density at radius 1 is 0.272 bits per heavy atom. The van der Waals surface area contributed by atoms with Crippen LogP contribution in [-0.2, 0) is 10.8 Å². The molecule has 436 valence electrons. The summed E-state index contributed by atoms with van der Waals surface area (Å²) < 4.78 is 0. The monoisotopic (exact) mass is 1170 g/mol. The van der Waals surface area contributed by atoms with Crippen molar-refractivity contribution in [3.05, 3.63) is 338 Å². The molecule has 3 aliphatic rings. The lowest BCUT2D eigenvalue weighted by molar-refractivity contribution is 0.394. The topological polar surface area (TPSA) is 6.48 Å². The fourth-order valence-electron chi connectivity index (χ4n) is 16.3. The highest BCUT2D eigenvalue weighted by molar-refractivity contribution is 6.23. The summed E-state index contributed by atoms with van der Waals surface area (Å²) in [5, 5.41) is 14.4. The molecule has 0 N–H and O–H groups in total. The van der Waals surface area contributed by atoms with Crippen LogP contribution < -0.4 is 9.80 Å². The number of hydrogen-bond donors (Lipinski definition) is 0. The molecule has 0 spiro atoms. The number of anilines is 6. The first-order valence-electron chi connectivity index (χ1n) is 32.5. The van der Waals surface area contributed by atoms with Crippen molar-refractivity contribution >= 4 is 98.8 Å². The van der Waals surface area contributed by atoms with E-state index in [1.54, 1.807) is 0 Å². The lowest BCUT2D eigenvalue weighted by Gasteiger charge is -2.30. The van der Waals surface area contributed by atoms with Gasteiger partial charge in [0.05, 0.1) is 0 Å². The third-order valence-corrected chi connectivity index (χ3v) is 21.0. The van der Waals surface area contributed by atoms with Crippen LogP contribution in [0.1, 0.15) is 55.9 Å². The van der Waals surface area contributed by atoms with E-state index in [-0.39, 0.29) is 10.8 Å². The minimum Gasteiger partial charge on any atom is -0.310 e. The fourth-order valence-corrected chi connectivity index (χ4v) is 16.3. The van der Waals surface area contributed by atoms with Crippen LogP contribution in [0.3, 0.4) is 0 Å². The van der Waals surface area contributed by atoms with Crippen molar-refractivity contribution in [3.63, 3.8) is 0 Å². The van der Waals surface area contributed by atoms with Crippen LogP contribution in [0, 0.1) is 5.92 Å². The van der Waals surface area contributed by atoms with E-state index in [1.807, 2.05) is 0 Å². The molecule has 15 aromatic rings. The largest absolute Gasteiger partial charge is 0.310 e. The molecule has 2 heteroatoms. The molecule has 15 aromatic carbocycles. The maximum atomic E-state index is 2.57. The van der Waals surface area contributed by atoms with Crippen molar-refractivity contribution in [3.8, 4) is 44.5 Å². The van der Waals surface area contributed by atoms with Crippen LogP contribution >= 0.6 is 0 Å². The van der Waals surface area contributed by atoms with Crippen molar-refractivity contribution in [2.24, 2.45) is 5.92 Å². The standard InChI is InChI=1S/C90H66N2/c1-89(2)83-27-15-13-25-75(83)77-45-37-67(53-85(77)89)61-29-31-62(32-30-61)87-79-47-43-74(92(71-41-35-59-19-7-11-23-65(59)51-71)72-42-36-60-20-8-12-24-66(60)52-72)56-82(79)88(68-38-46-78-76-26-14-16-28-84(76)90(3,4)86(78)54-68)80-48-44-73(55-81(80)87)91(69-39-33-57-17-5-9-21-63(57)49-69)70-40-34-58-18-6-10-22-64(58)50-70/h5-56,76,84H,1-4H3. The summed E-state index contributed by atoms with van der Waals surface area (Å²) in [7, 11) is 0. The predicted molar refractivity (Wildman–Crippen MR) is 392 cm³/mol. The molecule has 3 aliphatic carbocycles. The van der Waals surface area contributed by atoms with E-state index < -0.39 is 0 Å². The second-order valence-corrected chi connectivity index (χ2v) is 26.9. The zero-order valence-corrected chi connectivity index (χ0v) is 52.1. The summed E-state index contributed by atoms with van der Waals surface area (Å²) in [6, 6.07) is 110. The number of benzene rings is 15. The van der Waals surface area contributed by atoms with E-state index in [1.165, 1.54) is 126 Å². The summed E-state index contributed by atoms with van der Waals surface area (Å²) in [6.07, 6.45) is 9.36. The molecule has 0 aromatic heterocycles. The summed E-state index contributed by atoms with van der Waals surface area (Å²) >= 11 is 0. The number of allylic oxidation sites excluding steroid dienone is 4. The molecule has 0 bridgehead atoms. The van der Waals surface area contributed by atoms with Crippen molar-refractivity contribution in [2.45, 2.75) is 44.4 Å². The quantitative estimate of drug-likeness (QED) is 0.133. The highest BCUT2D eigenvalue weighted by Gasteiger charge is 2.45. The average Bonchev–Trinajstić information content (AvgIpc) is 1.05. The molecule has 0 saturated heterocycles. The minimum atomic E-state index is -0.106. The fraction of sp³-hybridized carbons (Fsp3) is 0.0889. The van der Waals surface area contributed by atoms with Gasteiger partial charge in [-0.25, -0.2) is 0 Å². The molecule has 2 atom stereocenters. The van der Waals surface area contributed by atoms with Crippen molar-refractivity contribution in [1.82, 2.24) is 0 Å². The Bertz CT molecular complexity index is 5460. The smallest absolute Gasteiger partial charge is 0.0468 e. The molecule has 0 heterocycles. The van der Waals surface area contributed by atoms with E-state index in [0.717, 1.165) is 39.7 Å². The molecule has 2 unspecified atom stereocenters. The van der Waals surface area contributed by atoms with Crippen LogP contribution in [-0.4, -0.2) is 0 Å². The Balaban J connectivity index is 0.915. The van der Waals surface area contributed by atoms with Crippen molar-refractivity contribution in [2.75, 3.05) is 9.80 Å². The van der Waals surface area contributed by atoms with Gasteiger partial charge in [0.15, 0.2) is 0 Å². The number of nitrogens with zero attached hydrogens (tertiary/aromatic N) is 2. The lowest BCUT2D eigenvalue weighted by Crippen LogP contribution is -2.24. The van der Waals surface area contributed by atoms with Gasteiger partial charge in [-0.15, -0.1) is 0 Å². The van der Waals surface area contributed by atoms with Crippen LogP contribution in [0.15, 0.2) is 315 Å². The van der Waals surface area contributed by atoms with Crippen molar-refractivity contribution in [1.29, 1.82) is 0 Å². The van der Waals surface area contributed by atoms with E-state index in [4.69, 9.17) is 0 Å². The highest BCUT2D eigenvalue weighted by atomic mass is 15.1. The normalized spacial score (nSPS) is 15.7. The minimum absolute atomic E-state index is 0.0926. The summed E-state index contributed by atoms with van der Waals surface area (Å²) in [5.41, 5.74) is 21.9. The molecule has 2 nitrogen and oxygen atoms in total.